The Kier molecular flexibility index (Phi) is 4.07. The van der Waals surface area contributed by atoms with Crippen molar-refractivity contribution in [3.05, 3.63) is 24.3 Å². The standard InChI is InChI=1S/C10H13NO.C5H12/c1-10(2)7-12-9-6-4-3-5-8(9)11-10;1-5(2,3)4/h3-6,11H,7H2,1-2H3;1-4H3. The maximum absolute atomic E-state index is 5.58. The summed E-state index contributed by atoms with van der Waals surface area (Å²) >= 11 is 0. The fourth-order valence-corrected chi connectivity index (χ4v) is 1.35. The number of nitrogens with one attached hydrogen (secondary N) is 1. The van der Waals surface area contributed by atoms with E-state index in [9.17, 15) is 0 Å². The van der Waals surface area contributed by atoms with E-state index in [1.54, 1.807) is 0 Å². The summed E-state index contributed by atoms with van der Waals surface area (Å²) in [6.07, 6.45) is 0. The first-order chi connectivity index (χ1) is 7.67. The van der Waals surface area contributed by atoms with Crippen molar-refractivity contribution in [2.24, 2.45) is 5.41 Å². The maximum Gasteiger partial charge on any atom is 0.142 e. The highest BCUT2D eigenvalue weighted by atomic mass is 16.5. The van der Waals surface area contributed by atoms with Crippen LogP contribution >= 0.6 is 0 Å². The topological polar surface area (TPSA) is 21.3 Å². The van der Waals surface area contributed by atoms with Gasteiger partial charge < -0.3 is 10.1 Å². The second kappa shape index (κ2) is 4.99. The lowest BCUT2D eigenvalue weighted by molar-refractivity contribution is 0.242. The quantitative estimate of drug-likeness (QED) is 0.723. The first-order valence-electron chi connectivity index (χ1n) is 6.17. The first-order valence-corrected chi connectivity index (χ1v) is 6.17. The molecule has 0 bridgehead atoms. The molecule has 17 heavy (non-hydrogen) atoms. The molecule has 2 nitrogen and oxygen atoms in total. The SMILES string of the molecule is CC(C)(C)C.CC1(C)COc2ccccc2N1. The van der Waals surface area contributed by atoms with Crippen molar-refractivity contribution in [3.63, 3.8) is 0 Å². The Morgan fingerprint density at radius 1 is 1.12 bits per heavy atom. The fraction of sp³-hybridized carbons (Fsp3) is 0.600. The third-order valence-electron chi connectivity index (χ3n) is 1.95. The molecule has 0 fully saturated rings. The minimum Gasteiger partial charge on any atom is -0.489 e. The maximum atomic E-state index is 5.58. The third kappa shape index (κ3) is 5.62. The Bertz CT molecular complexity index is 357. The lowest BCUT2D eigenvalue weighted by Crippen LogP contribution is -2.40. The summed E-state index contributed by atoms with van der Waals surface area (Å²) in [6.45, 7) is 13.7. The number of anilines is 1. The van der Waals surface area contributed by atoms with Gasteiger partial charge in [0.05, 0.1) is 11.2 Å². The number of fused-ring (bicyclic) bond motifs is 1. The Hall–Kier alpha value is -1.18. The Balaban J connectivity index is 0.000000249. The molecule has 0 amide bonds. The van der Waals surface area contributed by atoms with Gasteiger partial charge in [-0.15, -0.1) is 0 Å². The van der Waals surface area contributed by atoms with Gasteiger partial charge in [-0.25, -0.2) is 0 Å². The molecule has 1 aromatic carbocycles. The summed E-state index contributed by atoms with van der Waals surface area (Å²) in [5.41, 5.74) is 1.64. The van der Waals surface area contributed by atoms with Gasteiger partial charge in [0.15, 0.2) is 0 Å². The summed E-state index contributed by atoms with van der Waals surface area (Å²) in [5, 5.41) is 3.41. The Morgan fingerprint density at radius 2 is 1.65 bits per heavy atom. The lowest BCUT2D eigenvalue weighted by Gasteiger charge is -2.33. The summed E-state index contributed by atoms with van der Waals surface area (Å²) in [4.78, 5) is 0. The second-order valence-corrected chi connectivity index (χ2v) is 6.79. The molecule has 1 N–H and O–H groups in total. The molecule has 0 unspecified atom stereocenters. The van der Waals surface area contributed by atoms with Crippen LogP contribution in [0.15, 0.2) is 24.3 Å². The molecule has 0 aromatic heterocycles. The van der Waals surface area contributed by atoms with E-state index in [1.165, 1.54) is 0 Å². The number of ether oxygens (including phenoxy) is 1. The molecule has 96 valence electrons. The van der Waals surface area contributed by atoms with Crippen molar-refractivity contribution in [1.82, 2.24) is 0 Å². The van der Waals surface area contributed by atoms with Crippen LogP contribution in [0.4, 0.5) is 5.69 Å². The molecule has 1 aromatic rings. The molecule has 1 heterocycles. The summed E-state index contributed by atoms with van der Waals surface area (Å²) in [5.74, 6) is 0.955. The summed E-state index contributed by atoms with van der Waals surface area (Å²) in [6, 6.07) is 8.02. The van der Waals surface area contributed by atoms with Crippen LogP contribution in [0.3, 0.4) is 0 Å². The molecular formula is C15H25NO. The zero-order valence-corrected chi connectivity index (χ0v) is 11.9. The molecule has 0 saturated heterocycles. The van der Waals surface area contributed by atoms with Crippen LogP contribution in [0.5, 0.6) is 5.75 Å². The van der Waals surface area contributed by atoms with Crippen molar-refractivity contribution < 1.29 is 4.74 Å². The number of benzene rings is 1. The van der Waals surface area contributed by atoms with Gasteiger partial charge in [-0.1, -0.05) is 39.8 Å². The van der Waals surface area contributed by atoms with Crippen molar-refractivity contribution in [2.45, 2.75) is 47.1 Å². The highest BCUT2D eigenvalue weighted by molar-refractivity contribution is 5.59. The van der Waals surface area contributed by atoms with Crippen LogP contribution in [0.2, 0.25) is 0 Å². The lowest BCUT2D eigenvalue weighted by atomic mass is 10.0. The van der Waals surface area contributed by atoms with E-state index in [1.807, 2.05) is 24.3 Å². The summed E-state index contributed by atoms with van der Waals surface area (Å²) < 4.78 is 5.58. The zero-order valence-electron chi connectivity index (χ0n) is 11.9. The van der Waals surface area contributed by atoms with Crippen molar-refractivity contribution >= 4 is 5.69 Å². The predicted octanol–water partition coefficient (Wildman–Crippen LogP) is 4.32. The zero-order chi connectivity index (χ0) is 13.1. The van der Waals surface area contributed by atoms with E-state index < -0.39 is 0 Å². The van der Waals surface area contributed by atoms with Crippen LogP contribution in [-0.2, 0) is 0 Å². The summed E-state index contributed by atoms with van der Waals surface area (Å²) in [7, 11) is 0. The van der Waals surface area contributed by atoms with Crippen LogP contribution in [0.1, 0.15) is 41.5 Å². The highest BCUT2D eigenvalue weighted by Gasteiger charge is 2.24. The van der Waals surface area contributed by atoms with Crippen LogP contribution in [0.25, 0.3) is 0 Å². The van der Waals surface area contributed by atoms with Gasteiger partial charge in [0, 0.05) is 0 Å². The van der Waals surface area contributed by atoms with Crippen molar-refractivity contribution in [1.29, 1.82) is 0 Å². The van der Waals surface area contributed by atoms with Crippen molar-refractivity contribution in [2.75, 3.05) is 11.9 Å². The first kappa shape index (κ1) is 13.9. The average molecular weight is 235 g/mol. The Labute approximate surface area is 105 Å². The van der Waals surface area contributed by atoms with E-state index in [2.05, 4.69) is 46.9 Å². The van der Waals surface area contributed by atoms with Crippen LogP contribution in [0, 0.1) is 5.41 Å². The Morgan fingerprint density at radius 3 is 2.24 bits per heavy atom. The van der Waals surface area contributed by atoms with Gasteiger partial charge in [0.25, 0.3) is 0 Å². The predicted molar refractivity (Wildman–Crippen MR) is 74.8 cm³/mol. The van der Waals surface area contributed by atoms with Gasteiger partial charge in [0.1, 0.15) is 12.4 Å². The molecule has 0 saturated carbocycles. The van der Waals surface area contributed by atoms with Gasteiger partial charge >= 0.3 is 0 Å². The van der Waals surface area contributed by atoms with Gasteiger partial charge in [-0.05, 0) is 31.4 Å². The number of rotatable bonds is 0. The van der Waals surface area contributed by atoms with Gasteiger partial charge in [-0.2, -0.15) is 0 Å². The molecule has 0 atom stereocenters. The number of hydrogen-bond acceptors (Lipinski definition) is 2. The van der Waals surface area contributed by atoms with Gasteiger partial charge in [-0.3, -0.25) is 0 Å². The van der Waals surface area contributed by atoms with Crippen molar-refractivity contribution in [3.8, 4) is 5.75 Å². The van der Waals surface area contributed by atoms with E-state index >= 15 is 0 Å². The average Bonchev–Trinajstić information content (AvgIpc) is 2.13. The third-order valence-corrected chi connectivity index (χ3v) is 1.95. The van der Waals surface area contributed by atoms with Gasteiger partial charge in [0.2, 0.25) is 0 Å². The monoisotopic (exact) mass is 235 g/mol. The van der Waals surface area contributed by atoms with Crippen LogP contribution < -0.4 is 10.1 Å². The molecule has 0 aliphatic carbocycles. The van der Waals surface area contributed by atoms with E-state index in [4.69, 9.17) is 4.74 Å². The number of hydrogen-bond donors (Lipinski definition) is 1. The van der Waals surface area contributed by atoms with E-state index in [0.717, 1.165) is 18.0 Å². The molecule has 2 rings (SSSR count). The second-order valence-electron chi connectivity index (χ2n) is 6.79. The molecule has 2 heteroatoms. The molecule has 0 spiro atoms. The molecule has 1 aliphatic rings. The highest BCUT2D eigenvalue weighted by Crippen LogP contribution is 2.31. The smallest absolute Gasteiger partial charge is 0.142 e. The largest absolute Gasteiger partial charge is 0.489 e. The van der Waals surface area contributed by atoms with Crippen LogP contribution in [-0.4, -0.2) is 12.1 Å². The molecule has 1 aliphatic heterocycles. The normalized spacial score (nSPS) is 16.8. The fourth-order valence-electron chi connectivity index (χ4n) is 1.35. The van der Waals surface area contributed by atoms with E-state index in [0.29, 0.717) is 5.41 Å². The minimum atomic E-state index is 0.0500. The number of para-hydroxylation sites is 2. The minimum absolute atomic E-state index is 0.0500. The van der Waals surface area contributed by atoms with E-state index in [-0.39, 0.29) is 5.54 Å². The molecular weight excluding hydrogens is 210 g/mol. The molecule has 0 radical (unpaired) electrons.